The van der Waals surface area contributed by atoms with Gasteiger partial charge in [-0.15, -0.1) is 0 Å². The fourth-order valence-electron chi connectivity index (χ4n) is 2.25. The van der Waals surface area contributed by atoms with Gasteiger partial charge in [0, 0.05) is 50.5 Å². The smallest absolute Gasteiger partial charge is 0.312 e. The molecule has 1 N–H and O–H groups in total. The van der Waals surface area contributed by atoms with Crippen LogP contribution in [-0.4, -0.2) is 60.5 Å². The third kappa shape index (κ3) is 3.30. The monoisotopic (exact) mass is 357 g/mol. The number of carbonyl (C=O) groups excluding carboxylic acids is 1. The Morgan fingerprint density at radius 1 is 1.62 bits per heavy atom. The van der Waals surface area contributed by atoms with Crippen molar-refractivity contribution in [3.8, 4) is 0 Å². The molecular formula is C12H16BrN5O3. The Morgan fingerprint density at radius 3 is 2.95 bits per heavy atom. The average Bonchev–Trinajstić information content (AvgIpc) is 2.46. The average molecular weight is 358 g/mol. The lowest BCUT2D eigenvalue weighted by atomic mass is 10.1. The van der Waals surface area contributed by atoms with Gasteiger partial charge in [-0.3, -0.25) is 14.9 Å². The van der Waals surface area contributed by atoms with Gasteiger partial charge in [0.1, 0.15) is 6.04 Å². The molecule has 1 amide bonds. The highest BCUT2D eigenvalue weighted by molar-refractivity contribution is 9.10. The number of hydrogen-bond acceptors (Lipinski definition) is 6. The van der Waals surface area contributed by atoms with Crippen molar-refractivity contribution in [1.29, 1.82) is 0 Å². The lowest BCUT2D eigenvalue weighted by molar-refractivity contribution is -0.384. The molecule has 0 spiro atoms. The highest BCUT2D eigenvalue weighted by atomic mass is 79.9. The molecule has 1 unspecified atom stereocenters. The van der Waals surface area contributed by atoms with Crippen LogP contribution < -0.4 is 10.2 Å². The van der Waals surface area contributed by atoms with E-state index in [-0.39, 0.29) is 17.4 Å². The van der Waals surface area contributed by atoms with E-state index in [1.54, 1.807) is 19.0 Å². The van der Waals surface area contributed by atoms with Gasteiger partial charge in [0.25, 0.3) is 0 Å². The van der Waals surface area contributed by atoms with Gasteiger partial charge in [-0.2, -0.15) is 0 Å². The number of nitro groups is 1. The van der Waals surface area contributed by atoms with Gasteiger partial charge >= 0.3 is 5.69 Å². The van der Waals surface area contributed by atoms with E-state index in [0.717, 1.165) is 0 Å². The van der Waals surface area contributed by atoms with Gasteiger partial charge in [0.15, 0.2) is 0 Å². The minimum atomic E-state index is -0.499. The molecule has 9 heteroatoms. The second-order valence-electron chi connectivity index (χ2n) is 4.90. The van der Waals surface area contributed by atoms with Crippen LogP contribution in [0, 0.1) is 10.1 Å². The third-order valence-corrected chi connectivity index (χ3v) is 3.69. The first-order valence-electron chi connectivity index (χ1n) is 6.40. The summed E-state index contributed by atoms with van der Waals surface area (Å²) in [6.07, 6.45) is 1.50. The topological polar surface area (TPSA) is 91.6 Å². The summed E-state index contributed by atoms with van der Waals surface area (Å²) in [6, 6.07) is 0.905. The van der Waals surface area contributed by atoms with E-state index in [1.807, 2.05) is 0 Å². The summed E-state index contributed by atoms with van der Waals surface area (Å²) in [5, 5.41) is 14.4. The Balaban J connectivity index is 2.42. The van der Waals surface area contributed by atoms with Crippen LogP contribution in [0.3, 0.4) is 0 Å². The van der Waals surface area contributed by atoms with Gasteiger partial charge in [-0.25, -0.2) is 4.98 Å². The van der Waals surface area contributed by atoms with E-state index < -0.39 is 11.0 Å². The van der Waals surface area contributed by atoms with Crippen molar-refractivity contribution in [3.63, 3.8) is 0 Å². The first-order valence-corrected chi connectivity index (χ1v) is 7.19. The second-order valence-corrected chi connectivity index (χ2v) is 5.82. The molecule has 1 atom stereocenters. The number of anilines is 1. The van der Waals surface area contributed by atoms with E-state index in [1.165, 1.54) is 17.2 Å². The summed E-state index contributed by atoms with van der Waals surface area (Å²) in [5.74, 6) is 0.117. The molecule has 1 fully saturated rings. The van der Waals surface area contributed by atoms with Crippen molar-refractivity contribution >= 4 is 33.3 Å². The van der Waals surface area contributed by atoms with Gasteiger partial charge in [-0.1, -0.05) is 0 Å². The number of aromatic nitrogens is 1. The van der Waals surface area contributed by atoms with Crippen LogP contribution >= 0.6 is 15.9 Å². The molecular weight excluding hydrogens is 342 g/mol. The van der Waals surface area contributed by atoms with E-state index in [0.29, 0.717) is 24.1 Å². The normalized spacial score (nSPS) is 18.4. The zero-order valence-corrected chi connectivity index (χ0v) is 13.3. The number of likely N-dealkylation sites (N-methyl/N-ethyl adjacent to an activating group) is 1. The molecule has 0 bridgehead atoms. The predicted molar refractivity (Wildman–Crippen MR) is 81.3 cm³/mol. The second kappa shape index (κ2) is 6.35. The molecule has 0 aromatic carbocycles. The van der Waals surface area contributed by atoms with Gasteiger partial charge in [0.2, 0.25) is 11.7 Å². The summed E-state index contributed by atoms with van der Waals surface area (Å²) in [5.41, 5.74) is -0.108. The lowest BCUT2D eigenvalue weighted by Gasteiger charge is -2.36. The minimum Gasteiger partial charge on any atom is -0.347 e. The Hall–Kier alpha value is -1.74. The quantitative estimate of drug-likeness (QED) is 0.629. The first-order chi connectivity index (χ1) is 9.91. The molecule has 0 radical (unpaired) electrons. The number of carbonyl (C=O) groups is 1. The molecule has 1 aliphatic rings. The fourth-order valence-corrected chi connectivity index (χ4v) is 2.57. The van der Waals surface area contributed by atoms with Crippen LogP contribution in [0.4, 0.5) is 11.5 Å². The first kappa shape index (κ1) is 15.6. The van der Waals surface area contributed by atoms with Crippen molar-refractivity contribution in [1.82, 2.24) is 15.2 Å². The van der Waals surface area contributed by atoms with Crippen LogP contribution in [0.15, 0.2) is 16.7 Å². The Morgan fingerprint density at radius 2 is 2.33 bits per heavy atom. The van der Waals surface area contributed by atoms with Crippen LogP contribution in [0.5, 0.6) is 0 Å². The zero-order valence-electron chi connectivity index (χ0n) is 11.7. The molecule has 21 heavy (non-hydrogen) atoms. The lowest BCUT2D eigenvalue weighted by Crippen LogP contribution is -2.58. The molecule has 1 aromatic heterocycles. The molecule has 114 valence electrons. The van der Waals surface area contributed by atoms with Crippen molar-refractivity contribution in [2.75, 3.05) is 38.6 Å². The summed E-state index contributed by atoms with van der Waals surface area (Å²) in [6.45, 7) is 1.57. The minimum absolute atomic E-state index is 0.108. The standard InChI is InChI=1S/C12H16BrN5O3/c1-16(2)12(19)10-7-14-3-4-17(10)11-9(18(20)21)5-8(13)6-15-11/h5-6,10,14H,3-4,7H2,1-2H3. The van der Waals surface area contributed by atoms with E-state index in [9.17, 15) is 14.9 Å². The molecule has 1 saturated heterocycles. The summed E-state index contributed by atoms with van der Waals surface area (Å²) >= 11 is 3.18. The highest BCUT2D eigenvalue weighted by Gasteiger charge is 2.34. The van der Waals surface area contributed by atoms with Crippen LogP contribution in [0.2, 0.25) is 0 Å². The maximum Gasteiger partial charge on any atom is 0.312 e. The summed E-state index contributed by atoms with van der Waals surface area (Å²) in [4.78, 5) is 30.4. The third-order valence-electron chi connectivity index (χ3n) is 3.25. The summed E-state index contributed by atoms with van der Waals surface area (Å²) < 4.78 is 0.531. The molecule has 1 aromatic rings. The fraction of sp³-hybridized carbons (Fsp3) is 0.500. The number of nitrogens with zero attached hydrogens (tertiary/aromatic N) is 4. The van der Waals surface area contributed by atoms with Crippen LogP contribution in [0.1, 0.15) is 0 Å². The Bertz CT molecular complexity index is 566. The number of rotatable bonds is 3. The molecule has 2 heterocycles. The molecule has 8 nitrogen and oxygen atoms in total. The predicted octanol–water partition coefficient (Wildman–Crippen LogP) is 0.619. The Labute approximate surface area is 130 Å². The highest BCUT2D eigenvalue weighted by Crippen LogP contribution is 2.30. The van der Waals surface area contributed by atoms with Gasteiger partial charge < -0.3 is 15.1 Å². The van der Waals surface area contributed by atoms with Gasteiger partial charge in [0.05, 0.1) is 4.92 Å². The maximum atomic E-state index is 12.3. The maximum absolute atomic E-state index is 12.3. The molecule has 0 aliphatic carbocycles. The number of pyridine rings is 1. The van der Waals surface area contributed by atoms with Crippen LogP contribution in [0.25, 0.3) is 0 Å². The van der Waals surface area contributed by atoms with Crippen molar-refractivity contribution in [3.05, 3.63) is 26.9 Å². The van der Waals surface area contributed by atoms with Crippen molar-refractivity contribution in [2.45, 2.75) is 6.04 Å². The molecule has 2 rings (SSSR count). The SMILES string of the molecule is CN(C)C(=O)C1CNCCN1c1ncc(Br)cc1[N+](=O)[O-]. The number of hydrogen-bond donors (Lipinski definition) is 1. The number of halogens is 1. The van der Waals surface area contributed by atoms with E-state index in [4.69, 9.17) is 0 Å². The summed E-state index contributed by atoms with van der Waals surface area (Å²) in [7, 11) is 3.33. The Kier molecular flexibility index (Phi) is 4.73. The van der Waals surface area contributed by atoms with Crippen molar-refractivity contribution in [2.24, 2.45) is 0 Å². The number of nitrogens with one attached hydrogen (secondary N) is 1. The number of amides is 1. The van der Waals surface area contributed by atoms with Crippen molar-refractivity contribution < 1.29 is 9.72 Å². The van der Waals surface area contributed by atoms with Crippen LogP contribution in [-0.2, 0) is 4.79 Å². The number of piperazine rings is 1. The van der Waals surface area contributed by atoms with E-state index >= 15 is 0 Å². The molecule has 0 saturated carbocycles. The van der Waals surface area contributed by atoms with E-state index in [2.05, 4.69) is 26.2 Å². The molecule has 1 aliphatic heterocycles. The zero-order chi connectivity index (χ0) is 15.6. The largest absolute Gasteiger partial charge is 0.347 e. The van der Waals surface area contributed by atoms with Gasteiger partial charge in [-0.05, 0) is 15.9 Å².